The lowest BCUT2D eigenvalue weighted by atomic mass is 9.97. The van der Waals surface area contributed by atoms with Gasteiger partial charge in [-0.1, -0.05) is 30.3 Å². The predicted octanol–water partition coefficient (Wildman–Crippen LogP) is 4.11. The minimum absolute atomic E-state index is 0.153. The van der Waals surface area contributed by atoms with Crippen LogP contribution < -0.4 is 26.1 Å². The van der Waals surface area contributed by atoms with Gasteiger partial charge in [-0.05, 0) is 93.2 Å². The third-order valence-electron chi connectivity index (χ3n) is 12.7. The number of fused-ring (bicyclic) bond motifs is 1. The minimum atomic E-state index is -0.818. The van der Waals surface area contributed by atoms with Gasteiger partial charge in [-0.2, -0.15) is 15.5 Å². The second-order valence-corrected chi connectivity index (χ2v) is 17.1. The van der Waals surface area contributed by atoms with Gasteiger partial charge in [-0.3, -0.25) is 29.3 Å². The molecule has 9 rings (SSSR count). The molecule has 3 fully saturated rings. The number of rotatable bonds is 12. The zero-order valence-electron chi connectivity index (χ0n) is 36.6. The summed E-state index contributed by atoms with van der Waals surface area (Å²) in [5, 5.41) is 21.8. The highest BCUT2D eigenvalue weighted by Gasteiger charge is 2.31. The van der Waals surface area contributed by atoms with Gasteiger partial charge in [0.1, 0.15) is 6.04 Å². The number of imide groups is 1. The smallest absolute Gasteiger partial charge is 0.275 e. The van der Waals surface area contributed by atoms with Crippen LogP contribution >= 0.6 is 0 Å². The number of carbonyl (C=O) groups excluding carboxylic acids is 3. The number of nitrogens with one attached hydrogen (secondary N) is 1. The molecule has 3 saturated heterocycles. The van der Waals surface area contributed by atoms with Crippen LogP contribution in [0.3, 0.4) is 0 Å². The number of nitrogens with zero attached hydrogens (tertiary/aromatic N) is 10. The van der Waals surface area contributed by atoms with Gasteiger partial charge in [0.25, 0.3) is 17.0 Å². The van der Waals surface area contributed by atoms with Gasteiger partial charge in [-0.25, -0.2) is 19.3 Å². The van der Waals surface area contributed by atoms with Gasteiger partial charge in [-0.15, -0.1) is 0 Å². The zero-order valence-corrected chi connectivity index (χ0v) is 36.6. The number of benzene rings is 3. The van der Waals surface area contributed by atoms with E-state index in [0.29, 0.717) is 91.0 Å². The highest BCUT2D eigenvalue weighted by molar-refractivity contribution is 5.99. The van der Waals surface area contributed by atoms with Crippen LogP contribution in [0.25, 0.3) is 33.4 Å². The number of ether oxygens (including phenoxy) is 1. The Morgan fingerprint density at radius 1 is 0.833 bits per heavy atom. The highest BCUT2D eigenvalue weighted by atomic mass is 16.5. The number of nitriles is 1. The number of hydrogen-bond donors (Lipinski definition) is 1. The van der Waals surface area contributed by atoms with Crippen molar-refractivity contribution in [1.29, 1.82) is 5.26 Å². The van der Waals surface area contributed by atoms with Crippen LogP contribution in [0.1, 0.15) is 55.0 Å². The molecule has 1 unspecified atom stereocenters. The molecule has 336 valence electrons. The first-order chi connectivity index (χ1) is 32.1. The van der Waals surface area contributed by atoms with Crippen molar-refractivity contribution in [3.63, 3.8) is 0 Å². The average Bonchev–Trinajstić information content (AvgIpc) is 3.35. The second kappa shape index (κ2) is 19.3. The predicted molar refractivity (Wildman–Crippen MR) is 245 cm³/mol. The molecule has 17 nitrogen and oxygen atoms in total. The van der Waals surface area contributed by atoms with Crippen molar-refractivity contribution in [2.24, 2.45) is 5.92 Å². The fourth-order valence-corrected chi connectivity index (χ4v) is 8.93. The molecule has 0 spiro atoms. The van der Waals surface area contributed by atoms with Crippen LogP contribution in [0.15, 0.2) is 101 Å². The maximum atomic E-state index is 13.4. The SMILES string of the molecule is Cc1nn(C2CCC(=O)NC2=O)c(=O)c2ccc(N3CCN(C(=O)CCN4CCC(COc5cnc(-c6cccc(Cn7nc(-c8cccc(C#N)c8)ccc7=O)c6)nc5)CC4)CC3)cc12. The maximum absolute atomic E-state index is 13.4. The fraction of sp³-hybridized carbons (Fsp3) is 0.347. The summed E-state index contributed by atoms with van der Waals surface area (Å²) >= 11 is 0. The van der Waals surface area contributed by atoms with Gasteiger partial charge in [0, 0.05) is 73.8 Å². The van der Waals surface area contributed by atoms with Gasteiger partial charge in [0.15, 0.2) is 11.6 Å². The van der Waals surface area contributed by atoms with E-state index in [-0.39, 0.29) is 42.3 Å². The van der Waals surface area contributed by atoms with Gasteiger partial charge >= 0.3 is 0 Å². The highest BCUT2D eigenvalue weighted by Crippen LogP contribution is 2.26. The molecule has 0 saturated carbocycles. The van der Waals surface area contributed by atoms with Crippen molar-refractivity contribution in [3.8, 4) is 34.5 Å². The summed E-state index contributed by atoms with van der Waals surface area (Å²) in [5.41, 5.74) is 4.53. The van der Waals surface area contributed by atoms with E-state index in [1.54, 1.807) is 42.7 Å². The van der Waals surface area contributed by atoms with E-state index < -0.39 is 11.9 Å². The summed E-state index contributed by atoms with van der Waals surface area (Å²) in [6.07, 6.45) is 6.17. The van der Waals surface area contributed by atoms with Gasteiger partial charge in [0.05, 0.1) is 54.0 Å². The molecule has 1 atom stereocenters. The molecule has 3 aromatic heterocycles. The summed E-state index contributed by atoms with van der Waals surface area (Å²) < 4.78 is 8.73. The molecule has 66 heavy (non-hydrogen) atoms. The summed E-state index contributed by atoms with van der Waals surface area (Å²) in [6, 6.07) is 24.9. The Morgan fingerprint density at radius 2 is 1.61 bits per heavy atom. The van der Waals surface area contributed by atoms with Crippen LogP contribution in [0.4, 0.5) is 5.69 Å². The molecular formula is C49H49N11O6. The molecule has 6 heterocycles. The van der Waals surface area contributed by atoms with Crippen molar-refractivity contribution in [2.45, 2.75) is 51.6 Å². The molecule has 6 aromatic rings. The van der Waals surface area contributed by atoms with E-state index in [0.717, 1.165) is 48.3 Å². The molecule has 17 heteroatoms. The van der Waals surface area contributed by atoms with Crippen molar-refractivity contribution >= 4 is 34.2 Å². The molecular weight excluding hydrogens is 839 g/mol. The van der Waals surface area contributed by atoms with E-state index in [1.807, 2.05) is 54.3 Å². The third kappa shape index (κ3) is 9.73. The number of hydrogen-bond acceptors (Lipinski definition) is 13. The molecule has 3 amide bonds. The number of likely N-dealkylation sites (tertiary alicyclic amines) is 1. The zero-order chi connectivity index (χ0) is 45.7. The summed E-state index contributed by atoms with van der Waals surface area (Å²) in [7, 11) is 0. The maximum Gasteiger partial charge on any atom is 0.275 e. The van der Waals surface area contributed by atoms with Crippen molar-refractivity contribution in [2.75, 3.05) is 57.3 Å². The molecule has 0 aliphatic carbocycles. The first-order valence-electron chi connectivity index (χ1n) is 22.3. The molecule has 0 radical (unpaired) electrons. The van der Waals surface area contributed by atoms with Crippen LogP contribution in [0.2, 0.25) is 0 Å². The molecule has 1 N–H and O–H groups in total. The number of aryl methyl sites for hydroxylation is 1. The molecule has 3 aliphatic rings. The number of carbonyl (C=O) groups is 3. The fourth-order valence-electron chi connectivity index (χ4n) is 8.93. The lowest BCUT2D eigenvalue weighted by Crippen LogP contribution is -2.49. The van der Waals surface area contributed by atoms with Crippen LogP contribution in [0.5, 0.6) is 5.75 Å². The number of piperidine rings is 2. The van der Waals surface area contributed by atoms with E-state index in [2.05, 4.69) is 41.4 Å². The Morgan fingerprint density at radius 3 is 2.38 bits per heavy atom. The Kier molecular flexibility index (Phi) is 12.7. The monoisotopic (exact) mass is 887 g/mol. The van der Waals surface area contributed by atoms with E-state index in [4.69, 9.17) is 4.74 Å². The van der Waals surface area contributed by atoms with E-state index in [1.165, 1.54) is 15.4 Å². The first-order valence-corrected chi connectivity index (χ1v) is 22.3. The van der Waals surface area contributed by atoms with Crippen LogP contribution in [-0.4, -0.2) is 109 Å². The number of anilines is 1. The third-order valence-corrected chi connectivity index (χ3v) is 12.7. The van der Waals surface area contributed by atoms with E-state index in [9.17, 15) is 29.2 Å². The van der Waals surface area contributed by atoms with Crippen molar-refractivity contribution in [3.05, 3.63) is 129 Å². The van der Waals surface area contributed by atoms with Gasteiger partial charge in [0.2, 0.25) is 11.8 Å². The largest absolute Gasteiger partial charge is 0.490 e. The van der Waals surface area contributed by atoms with Gasteiger partial charge < -0.3 is 19.4 Å². The molecule has 0 bridgehead atoms. The minimum Gasteiger partial charge on any atom is -0.490 e. The first kappa shape index (κ1) is 43.7. The summed E-state index contributed by atoms with van der Waals surface area (Å²) in [4.78, 5) is 79.1. The normalized spacial score (nSPS) is 17.1. The van der Waals surface area contributed by atoms with Crippen LogP contribution in [0, 0.1) is 24.2 Å². The summed E-state index contributed by atoms with van der Waals surface area (Å²) in [6.45, 7) is 7.70. The van der Waals surface area contributed by atoms with Crippen LogP contribution in [-0.2, 0) is 20.9 Å². The van der Waals surface area contributed by atoms with Crippen molar-refractivity contribution in [1.82, 2.24) is 44.6 Å². The average molecular weight is 888 g/mol. The Labute approximate surface area is 380 Å². The Balaban J connectivity index is 0.705. The lowest BCUT2D eigenvalue weighted by Gasteiger charge is -2.37. The van der Waals surface area contributed by atoms with E-state index >= 15 is 0 Å². The topological polar surface area (TPSA) is 202 Å². The molecule has 3 aliphatic heterocycles. The Bertz CT molecular complexity index is 2960. The lowest BCUT2D eigenvalue weighted by molar-refractivity contribution is -0.136. The Hall–Kier alpha value is -7.58. The number of amides is 3. The number of aromatic nitrogens is 6. The quantitative estimate of drug-likeness (QED) is 0.172. The standard InChI is InChI=1S/C49H49N11O6/c1-32-41-26-38(8-9-40(41)49(65)60(54-32)43-11-12-44(61)53-48(43)64)57-20-22-58(23-21-57)45(62)16-19-56-17-14-33(15-18-56)31-66-39-28-51-47(52-29-39)37-7-3-5-35(25-37)30-59-46(63)13-10-42(55-59)36-6-2-4-34(24-36)27-50/h2-10,13,24-26,28-29,33,43H,11-12,14-23,30-31H2,1H3,(H,53,61,64). The molecule has 3 aromatic carbocycles. The second-order valence-electron chi connectivity index (χ2n) is 17.1. The summed E-state index contributed by atoms with van der Waals surface area (Å²) in [5.74, 6) is 0.819. The van der Waals surface area contributed by atoms with Crippen molar-refractivity contribution < 1.29 is 19.1 Å². The number of piperazine rings is 1.